The molecular formula is C18H22N2S2. The largest absolute Gasteiger partial charge is 0.382 e. The maximum Gasteiger partial charge on any atom is 0.0398 e. The minimum Gasteiger partial charge on any atom is -0.382 e. The molecule has 0 aliphatic rings. The number of nitrogens with one attached hydrogen (secondary N) is 2. The average molecular weight is 331 g/mol. The maximum atomic E-state index is 3.52. The highest BCUT2D eigenvalue weighted by Gasteiger charge is 1.98. The molecular weight excluding hydrogens is 308 g/mol. The van der Waals surface area contributed by atoms with Gasteiger partial charge in [0.25, 0.3) is 0 Å². The van der Waals surface area contributed by atoms with Crippen LogP contribution in [0.15, 0.2) is 77.5 Å². The third-order valence-corrected chi connectivity index (χ3v) is 4.64. The van der Waals surface area contributed by atoms with E-state index in [0.717, 1.165) is 18.1 Å². The Morgan fingerprint density at radius 1 is 1.00 bits per heavy atom. The van der Waals surface area contributed by atoms with Crippen molar-refractivity contribution in [3.63, 3.8) is 0 Å². The molecule has 0 heterocycles. The van der Waals surface area contributed by atoms with Gasteiger partial charge in [-0.05, 0) is 35.4 Å². The number of thioether (sulfide) groups is 1. The Kier molecular flexibility index (Phi) is 7.85. The predicted octanol–water partition coefficient (Wildman–Crippen LogP) is 4.67. The van der Waals surface area contributed by atoms with Crippen LogP contribution in [0.2, 0.25) is 0 Å². The van der Waals surface area contributed by atoms with Gasteiger partial charge >= 0.3 is 0 Å². The topological polar surface area (TPSA) is 24.1 Å². The molecule has 0 spiro atoms. The molecule has 22 heavy (non-hydrogen) atoms. The Morgan fingerprint density at radius 3 is 2.36 bits per heavy atom. The molecule has 2 N–H and O–H groups in total. The SMILES string of the molecule is CCSC/C(=C\NSc1ccccc1)NCc1ccccc1. The zero-order valence-corrected chi connectivity index (χ0v) is 14.4. The van der Waals surface area contributed by atoms with Gasteiger partial charge in [-0.25, -0.2) is 0 Å². The van der Waals surface area contributed by atoms with Crippen LogP contribution < -0.4 is 10.0 Å². The molecule has 0 fully saturated rings. The van der Waals surface area contributed by atoms with E-state index in [1.54, 1.807) is 11.9 Å². The van der Waals surface area contributed by atoms with Crippen molar-refractivity contribution >= 4 is 23.7 Å². The van der Waals surface area contributed by atoms with Crippen LogP contribution in [0.1, 0.15) is 12.5 Å². The quantitative estimate of drug-likeness (QED) is 0.653. The Balaban J connectivity index is 1.85. The molecule has 2 aromatic rings. The molecule has 0 saturated carbocycles. The number of hydrogen-bond acceptors (Lipinski definition) is 4. The second kappa shape index (κ2) is 10.2. The van der Waals surface area contributed by atoms with Crippen molar-refractivity contribution in [3.8, 4) is 0 Å². The summed E-state index contributed by atoms with van der Waals surface area (Å²) in [5.41, 5.74) is 2.52. The summed E-state index contributed by atoms with van der Waals surface area (Å²) in [6.45, 7) is 3.04. The number of benzene rings is 2. The van der Waals surface area contributed by atoms with Gasteiger partial charge in [-0.15, -0.1) is 0 Å². The van der Waals surface area contributed by atoms with Crippen LogP contribution in [0, 0.1) is 0 Å². The first-order valence-corrected chi connectivity index (χ1v) is 9.37. The summed E-state index contributed by atoms with van der Waals surface area (Å²) in [5.74, 6) is 2.11. The fraction of sp³-hybridized carbons (Fsp3) is 0.222. The van der Waals surface area contributed by atoms with Crippen LogP contribution in [-0.2, 0) is 6.54 Å². The fourth-order valence-corrected chi connectivity index (χ4v) is 3.06. The van der Waals surface area contributed by atoms with E-state index in [-0.39, 0.29) is 0 Å². The summed E-state index contributed by atoms with van der Waals surface area (Å²) in [7, 11) is 0. The molecule has 0 amide bonds. The van der Waals surface area contributed by atoms with Gasteiger partial charge in [0, 0.05) is 29.1 Å². The van der Waals surface area contributed by atoms with E-state index >= 15 is 0 Å². The molecule has 0 aromatic heterocycles. The fourth-order valence-electron chi connectivity index (χ4n) is 1.82. The molecule has 116 valence electrons. The first kappa shape index (κ1) is 16.8. The van der Waals surface area contributed by atoms with Gasteiger partial charge in [0.2, 0.25) is 0 Å². The van der Waals surface area contributed by atoms with Crippen LogP contribution >= 0.6 is 23.7 Å². The van der Waals surface area contributed by atoms with Crippen molar-refractivity contribution in [3.05, 3.63) is 78.1 Å². The Bertz CT molecular complexity index is 556. The summed E-state index contributed by atoms with van der Waals surface area (Å²) in [6.07, 6.45) is 2.07. The highest BCUT2D eigenvalue weighted by atomic mass is 32.2. The zero-order chi connectivity index (χ0) is 15.5. The Hall–Kier alpha value is -1.52. The minimum atomic E-state index is 0.856. The molecule has 0 atom stereocenters. The van der Waals surface area contributed by atoms with Gasteiger partial charge in [-0.2, -0.15) is 11.8 Å². The van der Waals surface area contributed by atoms with Crippen molar-refractivity contribution in [2.24, 2.45) is 0 Å². The van der Waals surface area contributed by atoms with E-state index in [2.05, 4.69) is 71.7 Å². The molecule has 0 bridgehead atoms. The van der Waals surface area contributed by atoms with Crippen LogP contribution in [-0.4, -0.2) is 11.5 Å². The van der Waals surface area contributed by atoms with E-state index in [0.29, 0.717) is 0 Å². The third-order valence-electron chi connectivity index (χ3n) is 2.98. The van der Waals surface area contributed by atoms with Gasteiger partial charge in [-0.1, -0.05) is 55.5 Å². The predicted molar refractivity (Wildman–Crippen MR) is 99.8 cm³/mol. The first-order chi connectivity index (χ1) is 10.9. The van der Waals surface area contributed by atoms with E-state index in [9.17, 15) is 0 Å². The zero-order valence-electron chi connectivity index (χ0n) is 12.8. The van der Waals surface area contributed by atoms with Crippen molar-refractivity contribution in [1.82, 2.24) is 10.0 Å². The molecule has 0 radical (unpaired) electrons. The molecule has 4 heteroatoms. The molecule has 0 aliphatic heterocycles. The lowest BCUT2D eigenvalue weighted by Crippen LogP contribution is -2.16. The minimum absolute atomic E-state index is 0.856. The van der Waals surface area contributed by atoms with E-state index in [1.165, 1.54) is 16.2 Å². The van der Waals surface area contributed by atoms with Gasteiger partial charge in [0.05, 0.1) is 0 Å². The molecule has 2 rings (SSSR count). The number of hydrogen-bond donors (Lipinski definition) is 2. The molecule has 0 saturated heterocycles. The van der Waals surface area contributed by atoms with Crippen molar-refractivity contribution in [2.75, 3.05) is 11.5 Å². The monoisotopic (exact) mass is 330 g/mol. The highest BCUT2D eigenvalue weighted by molar-refractivity contribution is 7.99. The summed E-state index contributed by atoms with van der Waals surface area (Å²) in [4.78, 5) is 1.21. The average Bonchev–Trinajstić information content (AvgIpc) is 2.58. The molecule has 2 aromatic carbocycles. The van der Waals surface area contributed by atoms with Crippen LogP contribution in [0.25, 0.3) is 0 Å². The Morgan fingerprint density at radius 2 is 1.68 bits per heavy atom. The summed E-state index contributed by atoms with van der Waals surface area (Å²) in [5, 5.41) is 3.52. The van der Waals surface area contributed by atoms with Crippen LogP contribution in [0.3, 0.4) is 0 Å². The molecule has 2 nitrogen and oxygen atoms in total. The van der Waals surface area contributed by atoms with Crippen molar-refractivity contribution in [1.29, 1.82) is 0 Å². The maximum absolute atomic E-state index is 3.52. The van der Waals surface area contributed by atoms with Gasteiger partial charge < -0.3 is 10.0 Å². The lowest BCUT2D eigenvalue weighted by atomic mass is 10.2. The smallest absolute Gasteiger partial charge is 0.0398 e. The molecule has 0 aliphatic carbocycles. The standard InChI is InChI=1S/C18H22N2S2/c1-2-21-15-17(19-13-16-9-5-3-6-10-16)14-20-22-18-11-7-4-8-12-18/h3-12,14,19-20H,2,13,15H2,1H3/b17-14+. The van der Waals surface area contributed by atoms with Crippen LogP contribution in [0.4, 0.5) is 0 Å². The number of rotatable bonds is 9. The van der Waals surface area contributed by atoms with Gasteiger partial charge in [-0.3, -0.25) is 0 Å². The van der Waals surface area contributed by atoms with E-state index < -0.39 is 0 Å². The van der Waals surface area contributed by atoms with Crippen molar-refractivity contribution in [2.45, 2.75) is 18.4 Å². The Labute approximate surface area is 141 Å². The lowest BCUT2D eigenvalue weighted by Gasteiger charge is -2.11. The summed E-state index contributed by atoms with van der Waals surface area (Å²) >= 11 is 3.55. The normalized spacial score (nSPS) is 11.2. The second-order valence-corrected chi connectivity index (χ2v) is 6.86. The summed E-state index contributed by atoms with van der Waals surface area (Å²) in [6, 6.07) is 20.8. The van der Waals surface area contributed by atoms with Gasteiger partial charge in [0.15, 0.2) is 0 Å². The van der Waals surface area contributed by atoms with E-state index in [1.807, 2.05) is 23.9 Å². The second-order valence-electron chi connectivity index (χ2n) is 4.68. The van der Waals surface area contributed by atoms with Gasteiger partial charge in [0.1, 0.15) is 0 Å². The summed E-state index contributed by atoms with van der Waals surface area (Å²) < 4.78 is 3.33. The van der Waals surface area contributed by atoms with E-state index in [4.69, 9.17) is 0 Å². The molecule has 0 unspecified atom stereocenters. The third kappa shape index (κ3) is 6.50. The van der Waals surface area contributed by atoms with Crippen molar-refractivity contribution < 1.29 is 0 Å². The van der Waals surface area contributed by atoms with Crippen LogP contribution in [0.5, 0.6) is 0 Å². The highest BCUT2D eigenvalue weighted by Crippen LogP contribution is 2.14. The lowest BCUT2D eigenvalue weighted by molar-refractivity contribution is 0.809. The first-order valence-electron chi connectivity index (χ1n) is 7.40.